The van der Waals surface area contributed by atoms with Gasteiger partial charge in [-0.1, -0.05) is 93.3 Å². The molecule has 4 aromatic carbocycles. The Hall–Kier alpha value is -4.96. The van der Waals surface area contributed by atoms with Crippen molar-refractivity contribution in [3.8, 4) is 11.5 Å². The fraction of sp³-hybridized carbons (Fsp3) is 0.325. The lowest BCUT2D eigenvalue weighted by atomic mass is 9.91. The summed E-state index contributed by atoms with van der Waals surface area (Å²) >= 11 is 0. The van der Waals surface area contributed by atoms with Gasteiger partial charge in [0.1, 0.15) is 11.5 Å². The van der Waals surface area contributed by atoms with E-state index in [0.717, 1.165) is 43.4 Å². The highest BCUT2D eigenvalue weighted by atomic mass is 19.4. The van der Waals surface area contributed by atoms with E-state index in [1.54, 1.807) is 24.3 Å². The number of carbonyl (C=O) groups is 2. The van der Waals surface area contributed by atoms with Gasteiger partial charge >= 0.3 is 6.18 Å². The van der Waals surface area contributed by atoms with Crippen LogP contribution in [0, 0.1) is 11.8 Å². The van der Waals surface area contributed by atoms with E-state index in [1.807, 2.05) is 61.5 Å². The number of para-hydroxylation sites is 2. The van der Waals surface area contributed by atoms with E-state index in [1.165, 1.54) is 17.0 Å². The number of anilines is 1. The van der Waals surface area contributed by atoms with E-state index < -0.39 is 41.7 Å². The first-order chi connectivity index (χ1) is 24.1. The number of aliphatic hydroxyl groups is 1. The van der Waals surface area contributed by atoms with E-state index in [2.05, 4.69) is 5.32 Å². The zero-order valence-electron chi connectivity index (χ0n) is 27.8. The minimum Gasteiger partial charge on any atom is -0.457 e. The largest absolute Gasteiger partial charge is 0.457 e. The molecule has 50 heavy (non-hydrogen) atoms. The van der Waals surface area contributed by atoms with Crippen molar-refractivity contribution >= 4 is 23.2 Å². The van der Waals surface area contributed by atoms with Gasteiger partial charge in [-0.15, -0.1) is 0 Å². The third-order valence-electron chi connectivity index (χ3n) is 9.13. The van der Waals surface area contributed by atoms with E-state index >= 15 is 0 Å². The molecule has 2 amide bonds. The zero-order valence-corrected chi connectivity index (χ0v) is 27.8. The number of amides is 2. The number of rotatable bonds is 13. The Labute approximate surface area is 289 Å². The highest BCUT2D eigenvalue weighted by molar-refractivity contribution is 6.20. The molecule has 6 rings (SSSR count). The summed E-state index contributed by atoms with van der Waals surface area (Å²) in [6, 6.07) is 28.3. The van der Waals surface area contributed by atoms with Crippen molar-refractivity contribution in [2.75, 3.05) is 4.90 Å². The van der Waals surface area contributed by atoms with Crippen LogP contribution in [0.4, 0.5) is 18.9 Å². The van der Waals surface area contributed by atoms with Crippen molar-refractivity contribution in [1.29, 1.82) is 0 Å². The number of halogens is 3. The van der Waals surface area contributed by atoms with Crippen molar-refractivity contribution < 1.29 is 32.6 Å². The number of alkyl halides is 3. The Bertz CT molecular complexity index is 1820. The third-order valence-corrected chi connectivity index (χ3v) is 9.13. The average molecular weight is 684 g/mol. The quantitative estimate of drug-likeness (QED) is 0.148. The van der Waals surface area contributed by atoms with Crippen LogP contribution >= 0.6 is 0 Å². The molecule has 1 saturated carbocycles. The molecule has 0 aromatic heterocycles. The molecule has 0 spiro atoms. The molecule has 4 aromatic rings. The van der Waals surface area contributed by atoms with Gasteiger partial charge in [0, 0.05) is 11.1 Å². The maximum atomic E-state index is 14.5. The van der Waals surface area contributed by atoms with Crippen molar-refractivity contribution in [3.05, 3.63) is 125 Å². The molecule has 3 atom stereocenters. The number of fused-ring (bicyclic) bond motifs is 1. The molecule has 1 aliphatic heterocycles. The minimum atomic E-state index is -4.53. The highest BCUT2D eigenvalue weighted by Crippen LogP contribution is 2.38. The van der Waals surface area contributed by atoms with Gasteiger partial charge in [0.2, 0.25) is 12.1 Å². The number of benzene rings is 4. The zero-order chi connectivity index (χ0) is 35.3. The first-order valence-electron chi connectivity index (χ1n) is 17.1. The van der Waals surface area contributed by atoms with E-state index in [-0.39, 0.29) is 12.3 Å². The monoisotopic (exact) mass is 683 g/mol. The number of nitrogens with one attached hydrogen (secondary N) is 1. The maximum absolute atomic E-state index is 14.5. The van der Waals surface area contributed by atoms with Crippen LogP contribution < -0.4 is 15.0 Å². The minimum absolute atomic E-state index is 0.0919. The summed E-state index contributed by atoms with van der Waals surface area (Å²) in [5.41, 5.74) is 1.56. The van der Waals surface area contributed by atoms with Crippen molar-refractivity contribution in [2.24, 2.45) is 16.8 Å². The summed E-state index contributed by atoms with van der Waals surface area (Å²) in [4.78, 5) is 34.8. The van der Waals surface area contributed by atoms with Crippen LogP contribution in [0.3, 0.4) is 0 Å². The van der Waals surface area contributed by atoms with Gasteiger partial charge in [-0.2, -0.15) is 13.2 Å². The molecule has 0 bridgehead atoms. The van der Waals surface area contributed by atoms with Crippen molar-refractivity contribution in [1.82, 2.24) is 5.32 Å². The number of aliphatic imine (C=N–C) groups is 1. The number of benzodiazepines with no additional fused rings is 1. The summed E-state index contributed by atoms with van der Waals surface area (Å²) in [6.07, 6.45) is -2.26. The van der Waals surface area contributed by atoms with Gasteiger partial charge in [-0.3, -0.25) is 9.59 Å². The first kappa shape index (κ1) is 34.9. The van der Waals surface area contributed by atoms with Crippen LogP contribution in [0.15, 0.2) is 108 Å². The summed E-state index contributed by atoms with van der Waals surface area (Å²) < 4.78 is 46.5. The van der Waals surface area contributed by atoms with Crippen LogP contribution in [0.1, 0.15) is 67.7 Å². The predicted octanol–water partition coefficient (Wildman–Crippen LogP) is 8.29. The Morgan fingerprint density at radius 1 is 0.960 bits per heavy atom. The van der Waals surface area contributed by atoms with Crippen LogP contribution in [0.5, 0.6) is 11.5 Å². The molecule has 1 unspecified atom stereocenters. The Morgan fingerprint density at radius 2 is 1.66 bits per heavy atom. The molecule has 260 valence electrons. The summed E-state index contributed by atoms with van der Waals surface area (Å²) in [5.74, 6) is -0.157. The summed E-state index contributed by atoms with van der Waals surface area (Å²) in [6.45, 7) is 2.11. The molecule has 0 radical (unpaired) electrons. The number of ether oxygens (including phenoxy) is 1. The molecular weight excluding hydrogens is 643 g/mol. The maximum Gasteiger partial charge on any atom is 0.416 e. The molecule has 0 saturated heterocycles. The Balaban J connectivity index is 1.38. The highest BCUT2D eigenvalue weighted by Gasteiger charge is 2.38. The second-order valence-electron chi connectivity index (χ2n) is 13.0. The third kappa shape index (κ3) is 8.42. The SMILES string of the molecule is CCCC[C@H](O)[C@@H](CC1CC1)C(=O)NC1N=C(c2ccc(C(F)(F)F)cc2)c2ccccc2N(Cc2cccc(Oc3ccccc3)c2)C1=O. The molecule has 10 heteroatoms. The lowest BCUT2D eigenvalue weighted by Gasteiger charge is -2.27. The molecule has 1 aliphatic carbocycles. The standard InChI is InChI=1S/C40H40F3N3O4/c1-2-3-16-35(47)33(24-26-17-18-26)38(48)45-37-39(49)46(25-27-10-9-13-31(23-27)50-30-11-5-4-6-12-30)34-15-8-7-14-32(34)36(44-37)28-19-21-29(22-20-28)40(41,42)43/h4-15,19-23,26,33,35,37,47H,2-3,16-18,24-25H2,1H3,(H,45,48)/t33-,35+,37?/m1/s1. The Morgan fingerprint density at radius 3 is 2.36 bits per heavy atom. The summed E-state index contributed by atoms with van der Waals surface area (Å²) in [7, 11) is 0. The van der Waals surface area contributed by atoms with Crippen molar-refractivity contribution in [2.45, 2.75) is 70.4 Å². The van der Waals surface area contributed by atoms with Crippen LogP contribution in [0.25, 0.3) is 0 Å². The number of carbonyl (C=O) groups excluding carboxylic acids is 2. The van der Waals surface area contributed by atoms with Crippen molar-refractivity contribution in [3.63, 3.8) is 0 Å². The molecule has 1 fully saturated rings. The molecule has 2 N–H and O–H groups in total. The average Bonchev–Trinajstić information content (AvgIpc) is 3.95. The van der Waals surface area contributed by atoms with Gasteiger partial charge in [-0.05, 0) is 66.8 Å². The number of hydrogen-bond donors (Lipinski definition) is 2. The topological polar surface area (TPSA) is 91.2 Å². The second kappa shape index (κ2) is 15.3. The number of aliphatic hydroxyl groups excluding tert-OH is 1. The normalized spacial score (nSPS) is 17.3. The van der Waals surface area contributed by atoms with Gasteiger partial charge in [-0.25, -0.2) is 4.99 Å². The fourth-order valence-electron chi connectivity index (χ4n) is 6.26. The van der Waals surface area contributed by atoms with E-state index in [0.29, 0.717) is 47.1 Å². The lowest BCUT2D eigenvalue weighted by Crippen LogP contribution is -2.50. The number of nitrogens with zero attached hydrogens (tertiary/aromatic N) is 2. The Kier molecular flexibility index (Phi) is 10.7. The number of unbranched alkanes of at least 4 members (excludes halogenated alkanes) is 1. The summed E-state index contributed by atoms with van der Waals surface area (Å²) in [5, 5.41) is 13.9. The molecule has 2 aliphatic rings. The van der Waals surface area contributed by atoms with Gasteiger partial charge in [0.05, 0.1) is 35.5 Å². The number of hydrogen-bond acceptors (Lipinski definition) is 5. The van der Waals surface area contributed by atoms with Crippen LogP contribution in [0.2, 0.25) is 0 Å². The van der Waals surface area contributed by atoms with E-state index in [9.17, 15) is 27.9 Å². The predicted molar refractivity (Wildman–Crippen MR) is 186 cm³/mol. The molecule has 7 nitrogen and oxygen atoms in total. The van der Waals surface area contributed by atoms with Crippen LogP contribution in [-0.4, -0.2) is 34.9 Å². The van der Waals surface area contributed by atoms with Gasteiger partial charge < -0.3 is 20.1 Å². The van der Waals surface area contributed by atoms with Gasteiger partial charge in [0.15, 0.2) is 0 Å². The molecule has 1 heterocycles. The molecular formula is C40H40F3N3O4. The second-order valence-corrected chi connectivity index (χ2v) is 13.0. The smallest absolute Gasteiger partial charge is 0.416 e. The fourth-order valence-corrected chi connectivity index (χ4v) is 6.26. The first-order valence-corrected chi connectivity index (χ1v) is 17.1. The lowest BCUT2D eigenvalue weighted by molar-refractivity contribution is -0.137. The van der Waals surface area contributed by atoms with Gasteiger partial charge in [0.25, 0.3) is 5.91 Å². The van der Waals surface area contributed by atoms with Crippen LogP contribution in [-0.2, 0) is 22.3 Å². The van der Waals surface area contributed by atoms with E-state index in [4.69, 9.17) is 9.73 Å².